The van der Waals surface area contributed by atoms with E-state index >= 15 is 0 Å². The molecular formula is C79H154O17P2. The second-order valence-electron chi connectivity index (χ2n) is 28.9. The highest BCUT2D eigenvalue weighted by Crippen LogP contribution is 2.45. The molecule has 0 aliphatic heterocycles. The van der Waals surface area contributed by atoms with Crippen molar-refractivity contribution in [1.29, 1.82) is 0 Å². The molecule has 0 spiro atoms. The molecule has 2 unspecified atom stereocenters. The van der Waals surface area contributed by atoms with Gasteiger partial charge in [-0.15, -0.1) is 0 Å². The van der Waals surface area contributed by atoms with Crippen molar-refractivity contribution < 1.29 is 80.2 Å². The van der Waals surface area contributed by atoms with Crippen LogP contribution < -0.4 is 0 Å². The van der Waals surface area contributed by atoms with Crippen LogP contribution in [0.15, 0.2) is 0 Å². The van der Waals surface area contributed by atoms with Gasteiger partial charge in [0, 0.05) is 25.7 Å². The van der Waals surface area contributed by atoms with Crippen molar-refractivity contribution in [2.24, 2.45) is 5.92 Å². The predicted molar refractivity (Wildman–Crippen MR) is 400 cm³/mol. The highest BCUT2D eigenvalue weighted by atomic mass is 31.2. The van der Waals surface area contributed by atoms with Crippen molar-refractivity contribution in [1.82, 2.24) is 0 Å². The van der Waals surface area contributed by atoms with Crippen molar-refractivity contribution in [2.75, 3.05) is 39.6 Å². The second-order valence-corrected chi connectivity index (χ2v) is 31.8. The number of phosphoric ester groups is 2. The number of ether oxygens (including phenoxy) is 4. The molecular weight excluding hydrogens is 1280 g/mol. The van der Waals surface area contributed by atoms with Gasteiger partial charge in [0.25, 0.3) is 0 Å². The van der Waals surface area contributed by atoms with Crippen LogP contribution in [0.2, 0.25) is 0 Å². The Hall–Kier alpha value is -1.94. The number of phosphoric acid groups is 2. The average Bonchev–Trinajstić information content (AvgIpc) is 0.991. The monoisotopic (exact) mass is 1440 g/mol. The number of unbranched alkanes of at least 4 members (excludes halogenated alkanes) is 51. The molecule has 98 heavy (non-hydrogen) atoms. The van der Waals surface area contributed by atoms with Crippen molar-refractivity contribution in [3.63, 3.8) is 0 Å². The maximum Gasteiger partial charge on any atom is 0.472 e. The maximum absolute atomic E-state index is 13.1. The molecule has 0 heterocycles. The number of hydrogen-bond acceptors (Lipinski definition) is 15. The smallest absolute Gasteiger partial charge is 0.462 e. The lowest BCUT2D eigenvalue weighted by Crippen LogP contribution is -2.30. The third kappa shape index (κ3) is 72.4. The lowest BCUT2D eigenvalue weighted by atomic mass is 10.0. The molecule has 0 radical (unpaired) electrons. The van der Waals surface area contributed by atoms with Crippen molar-refractivity contribution in [2.45, 2.75) is 438 Å². The Kier molecular flexibility index (Phi) is 70.6. The summed E-state index contributed by atoms with van der Waals surface area (Å²) in [5, 5.41) is 10.6. The number of aliphatic hydroxyl groups excluding tert-OH is 1. The minimum Gasteiger partial charge on any atom is -0.462 e. The van der Waals surface area contributed by atoms with Crippen molar-refractivity contribution in [3.05, 3.63) is 0 Å². The van der Waals surface area contributed by atoms with Crippen LogP contribution in [-0.4, -0.2) is 96.7 Å². The summed E-state index contributed by atoms with van der Waals surface area (Å²) in [6.45, 7) is 7.22. The van der Waals surface area contributed by atoms with Gasteiger partial charge in [0.1, 0.15) is 19.3 Å². The van der Waals surface area contributed by atoms with Crippen LogP contribution >= 0.6 is 15.6 Å². The van der Waals surface area contributed by atoms with Gasteiger partial charge >= 0.3 is 39.5 Å². The summed E-state index contributed by atoms with van der Waals surface area (Å²) in [4.78, 5) is 72.6. The molecule has 0 bridgehead atoms. The van der Waals surface area contributed by atoms with Gasteiger partial charge in [-0.2, -0.15) is 0 Å². The van der Waals surface area contributed by atoms with Gasteiger partial charge in [-0.05, 0) is 31.6 Å². The number of hydrogen-bond donors (Lipinski definition) is 3. The summed E-state index contributed by atoms with van der Waals surface area (Å²) in [7, 11) is -9.90. The van der Waals surface area contributed by atoms with Crippen molar-refractivity contribution in [3.8, 4) is 0 Å². The van der Waals surface area contributed by atoms with E-state index in [9.17, 15) is 43.2 Å². The first kappa shape index (κ1) is 96.1. The van der Waals surface area contributed by atoms with Gasteiger partial charge < -0.3 is 33.8 Å². The average molecular weight is 1440 g/mol. The normalized spacial score (nSPS) is 13.9. The molecule has 5 atom stereocenters. The Labute approximate surface area is 600 Å². The van der Waals surface area contributed by atoms with E-state index in [1.807, 2.05) is 0 Å². The molecule has 0 aromatic carbocycles. The minimum atomic E-state index is -4.96. The van der Waals surface area contributed by atoms with Crippen LogP contribution in [0.25, 0.3) is 0 Å². The molecule has 0 amide bonds. The summed E-state index contributed by atoms with van der Waals surface area (Å²) in [5.41, 5.74) is 0. The van der Waals surface area contributed by atoms with E-state index in [-0.39, 0.29) is 25.7 Å². The Balaban J connectivity index is 5.11. The molecule has 582 valence electrons. The summed E-state index contributed by atoms with van der Waals surface area (Å²) in [6.07, 6.45) is 63.0. The van der Waals surface area contributed by atoms with E-state index in [0.29, 0.717) is 25.7 Å². The first-order valence-corrected chi connectivity index (χ1v) is 44.1. The molecule has 0 saturated carbocycles. The minimum absolute atomic E-state index is 0.106. The number of carbonyl (C=O) groups excluding carboxylic acids is 4. The fraction of sp³-hybridized carbons (Fsp3) is 0.949. The molecule has 0 aliphatic carbocycles. The topological polar surface area (TPSA) is 237 Å². The Morgan fingerprint density at radius 1 is 0.276 bits per heavy atom. The molecule has 0 rings (SSSR count). The standard InChI is InChI=1S/C79H154O17P2/c1-6-9-12-15-17-19-21-23-25-27-28-29-30-31-33-35-37-41-45-49-54-59-64-79(84)96-75(69-90-77(82)63-58-53-48-44-40-36-34-32-26-24-22-20-18-16-13-10-7-2)71-94-98(87,88)92-67-73(80)66-91-97(85,86)93-70-74(68-89-76(81)62-57-51-14-11-8-3)95-78(83)65-60-55-50-46-42-38-39-43-47-52-56-61-72(4)5/h72-75,80H,6-71H2,1-5H3,(H,85,86)(H,87,88)/t73-,74+,75+/m0/s1. The lowest BCUT2D eigenvalue weighted by molar-refractivity contribution is -0.161. The van der Waals surface area contributed by atoms with E-state index in [1.54, 1.807) is 0 Å². The SMILES string of the molecule is CCCCCCCCCCCCCCCCCCCCCCCCC(=O)O[C@H](COC(=O)CCCCCCCCCCCCCCCCCCC)COP(=O)(O)OC[C@@H](O)COP(=O)(O)OC[C@@H](COC(=O)CCCCCCC)OC(=O)CCCCCCCCCCCCCC(C)C. The van der Waals surface area contributed by atoms with E-state index in [2.05, 4.69) is 34.6 Å². The zero-order chi connectivity index (χ0) is 71.9. The van der Waals surface area contributed by atoms with E-state index in [0.717, 1.165) is 102 Å². The fourth-order valence-corrected chi connectivity index (χ4v) is 13.8. The highest BCUT2D eigenvalue weighted by molar-refractivity contribution is 7.47. The van der Waals surface area contributed by atoms with E-state index < -0.39 is 97.5 Å². The van der Waals surface area contributed by atoms with Gasteiger partial charge in [-0.25, -0.2) is 9.13 Å². The third-order valence-corrected chi connectivity index (χ3v) is 20.4. The van der Waals surface area contributed by atoms with E-state index in [1.165, 1.54) is 238 Å². The van der Waals surface area contributed by atoms with Gasteiger partial charge in [0.15, 0.2) is 12.2 Å². The molecule has 3 N–H and O–H groups in total. The number of rotatable bonds is 79. The summed E-state index contributed by atoms with van der Waals surface area (Å²) >= 11 is 0. The van der Waals surface area contributed by atoms with Crippen LogP contribution in [0.4, 0.5) is 0 Å². The lowest BCUT2D eigenvalue weighted by Gasteiger charge is -2.21. The fourth-order valence-electron chi connectivity index (χ4n) is 12.2. The largest absolute Gasteiger partial charge is 0.472 e. The number of esters is 4. The Morgan fingerprint density at radius 2 is 0.469 bits per heavy atom. The molecule has 17 nitrogen and oxygen atoms in total. The molecule has 19 heteroatoms. The molecule has 0 aliphatic rings. The molecule has 0 aromatic rings. The number of carbonyl (C=O) groups is 4. The summed E-state index contributed by atoms with van der Waals surface area (Å²) < 4.78 is 68.4. The van der Waals surface area contributed by atoms with Gasteiger partial charge in [-0.3, -0.25) is 37.3 Å². The Morgan fingerprint density at radius 3 is 0.694 bits per heavy atom. The summed E-state index contributed by atoms with van der Waals surface area (Å²) in [5.74, 6) is -1.36. The van der Waals surface area contributed by atoms with Crippen LogP contribution in [0.5, 0.6) is 0 Å². The first-order chi connectivity index (χ1) is 47.5. The first-order valence-electron chi connectivity index (χ1n) is 41.1. The number of aliphatic hydroxyl groups is 1. The van der Waals surface area contributed by atoms with Crippen LogP contribution in [-0.2, 0) is 65.4 Å². The van der Waals surface area contributed by atoms with Gasteiger partial charge in [-0.1, -0.05) is 369 Å². The van der Waals surface area contributed by atoms with Gasteiger partial charge in [0.2, 0.25) is 0 Å². The zero-order valence-corrected chi connectivity index (χ0v) is 65.7. The molecule has 0 saturated heterocycles. The van der Waals surface area contributed by atoms with Crippen LogP contribution in [0.3, 0.4) is 0 Å². The van der Waals surface area contributed by atoms with Crippen molar-refractivity contribution >= 4 is 39.5 Å². The van der Waals surface area contributed by atoms with Crippen LogP contribution in [0.1, 0.15) is 420 Å². The highest BCUT2D eigenvalue weighted by Gasteiger charge is 2.30. The quantitative estimate of drug-likeness (QED) is 0.0222. The van der Waals surface area contributed by atoms with E-state index in [4.69, 9.17) is 37.0 Å². The van der Waals surface area contributed by atoms with Crippen LogP contribution in [0, 0.1) is 5.92 Å². The van der Waals surface area contributed by atoms with Gasteiger partial charge in [0.05, 0.1) is 26.4 Å². The summed E-state index contributed by atoms with van der Waals surface area (Å²) in [6, 6.07) is 0. The third-order valence-electron chi connectivity index (χ3n) is 18.5. The molecule has 0 fully saturated rings. The Bertz CT molecular complexity index is 1870. The maximum atomic E-state index is 13.1. The second kappa shape index (κ2) is 72.0. The predicted octanol–water partition coefficient (Wildman–Crippen LogP) is 23.6. The molecule has 0 aromatic heterocycles. The zero-order valence-electron chi connectivity index (χ0n) is 63.9.